The van der Waals surface area contributed by atoms with Gasteiger partial charge in [-0.2, -0.15) is 0 Å². The number of rotatable bonds is 5. The summed E-state index contributed by atoms with van der Waals surface area (Å²) in [6, 6.07) is 14.4. The van der Waals surface area contributed by atoms with E-state index in [1.165, 1.54) is 16.7 Å². The lowest BCUT2D eigenvalue weighted by atomic mass is 10.1. The fraction of sp³-hybridized carbons (Fsp3) is 0.348. The van der Waals surface area contributed by atoms with Crippen molar-refractivity contribution in [3.05, 3.63) is 48.5 Å². The third-order valence-corrected chi connectivity index (χ3v) is 6.68. The van der Waals surface area contributed by atoms with Crippen LogP contribution in [0.3, 0.4) is 0 Å². The number of piperidine rings is 1. The van der Waals surface area contributed by atoms with Gasteiger partial charge in [0, 0.05) is 29.7 Å². The molecule has 1 atom stereocenters. The third-order valence-electron chi connectivity index (χ3n) is 5.44. The number of ether oxygens (including phenoxy) is 1. The number of hydrogen-bond donors (Lipinski definition) is 1. The zero-order valence-electron chi connectivity index (χ0n) is 17.4. The summed E-state index contributed by atoms with van der Waals surface area (Å²) in [7, 11) is 1.56. The van der Waals surface area contributed by atoms with Gasteiger partial charge in [0.25, 0.3) is 5.91 Å². The van der Waals surface area contributed by atoms with Gasteiger partial charge in [-0.25, -0.2) is 0 Å². The van der Waals surface area contributed by atoms with Crippen molar-refractivity contribution in [2.24, 2.45) is 0 Å². The van der Waals surface area contributed by atoms with Gasteiger partial charge < -0.3 is 19.9 Å². The third kappa shape index (κ3) is 4.69. The van der Waals surface area contributed by atoms with Crippen molar-refractivity contribution in [3.8, 4) is 5.75 Å². The first-order valence-electron chi connectivity index (χ1n) is 10.4. The first-order valence-corrected chi connectivity index (χ1v) is 11.2. The Bertz CT molecular complexity index is 990. The Labute approximate surface area is 185 Å². The fourth-order valence-corrected chi connectivity index (χ4v) is 5.05. The molecule has 8 heteroatoms. The Morgan fingerprint density at radius 2 is 1.87 bits per heavy atom. The lowest BCUT2D eigenvalue weighted by Gasteiger charge is -2.36. The Morgan fingerprint density at radius 3 is 2.65 bits per heavy atom. The molecule has 0 aliphatic carbocycles. The van der Waals surface area contributed by atoms with Gasteiger partial charge in [-0.1, -0.05) is 18.2 Å². The molecule has 0 bridgehead atoms. The minimum atomic E-state index is -0.863. The van der Waals surface area contributed by atoms with E-state index in [4.69, 9.17) is 4.74 Å². The quantitative estimate of drug-likeness (QED) is 0.724. The zero-order chi connectivity index (χ0) is 21.8. The number of methoxy groups -OCH3 is 1. The smallest absolute Gasteiger partial charge is 0.250 e. The van der Waals surface area contributed by atoms with Crippen LogP contribution in [-0.4, -0.2) is 54.6 Å². The number of amides is 3. The first kappa shape index (κ1) is 21.2. The number of anilines is 2. The van der Waals surface area contributed by atoms with Crippen LogP contribution in [0.25, 0.3) is 0 Å². The molecular weight excluding hydrogens is 414 g/mol. The van der Waals surface area contributed by atoms with Gasteiger partial charge in [0.1, 0.15) is 12.3 Å². The van der Waals surface area contributed by atoms with E-state index in [0.29, 0.717) is 30.2 Å². The summed E-state index contributed by atoms with van der Waals surface area (Å²) in [6.07, 6.45) is 3.02. The molecule has 4 rings (SSSR count). The molecule has 1 fully saturated rings. The van der Waals surface area contributed by atoms with Crippen molar-refractivity contribution in [3.63, 3.8) is 0 Å². The lowest BCUT2D eigenvalue weighted by Crippen LogP contribution is -2.52. The molecule has 0 radical (unpaired) electrons. The van der Waals surface area contributed by atoms with Crippen molar-refractivity contribution in [2.45, 2.75) is 29.4 Å². The molecule has 2 aliphatic rings. The van der Waals surface area contributed by atoms with E-state index in [1.807, 2.05) is 18.2 Å². The number of benzene rings is 2. The van der Waals surface area contributed by atoms with Gasteiger partial charge in [0.2, 0.25) is 11.8 Å². The number of fused-ring (bicyclic) bond motifs is 1. The molecule has 1 saturated heterocycles. The van der Waals surface area contributed by atoms with Gasteiger partial charge in [-0.3, -0.25) is 14.4 Å². The summed E-state index contributed by atoms with van der Waals surface area (Å²) in [5.41, 5.74) is 1.23. The van der Waals surface area contributed by atoms with Crippen LogP contribution in [0.5, 0.6) is 5.75 Å². The van der Waals surface area contributed by atoms with E-state index in [0.717, 1.165) is 24.2 Å². The molecule has 3 amide bonds. The molecule has 7 nitrogen and oxygen atoms in total. The number of nitrogens with one attached hydrogen (secondary N) is 1. The predicted octanol–water partition coefficient (Wildman–Crippen LogP) is 3.15. The normalized spacial score (nSPS) is 18.4. The molecular formula is C23H25N3O4S. The fourth-order valence-electron chi connectivity index (χ4n) is 3.86. The SMILES string of the molecule is COc1cccc(NC(=O)CN2C(=O)[C@H](C(=O)N3CCCCC3)Sc3ccccc32)c1. The van der Waals surface area contributed by atoms with E-state index in [9.17, 15) is 14.4 Å². The largest absolute Gasteiger partial charge is 0.497 e. The topological polar surface area (TPSA) is 79.0 Å². The predicted molar refractivity (Wildman–Crippen MR) is 120 cm³/mol. The molecule has 0 spiro atoms. The van der Waals surface area contributed by atoms with Crippen LogP contribution in [-0.2, 0) is 14.4 Å². The molecule has 2 aromatic rings. The van der Waals surface area contributed by atoms with Crippen molar-refractivity contribution in [2.75, 3.05) is 37.0 Å². The summed E-state index contributed by atoms with van der Waals surface area (Å²) < 4.78 is 5.19. The highest BCUT2D eigenvalue weighted by atomic mass is 32.2. The van der Waals surface area contributed by atoms with Crippen molar-refractivity contribution in [1.82, 2.24) is 4.90 Å². The number of thioether (sulfide) groups is 1. The second-order valence-electron chi connectivity index (χ2n) is 7.56. The molecule has 0 aromatic heterocycles. The summed E-state index contributed by atoms with van der Waals surface area (Å²) in [4.78, 5) is 43.2. The second kappa shape index (κ2) is 9.43. The van der Waals surface area contributed by atoms with Gasteiger partial charge in [0.05, 0.1) is 12.8 Å². The number of carbonyl (C=O) groups is 3. The second-order valence-corrected chi connectivity index (χ2v) is 8.70. The Balaban J connectivity index is 1.54. The average molecular weight is 440 g/mol. The Hall–Kier alpha value is -3.00. The monoisotopic (exact) mass is 439 g/mol. The average Bonchev–Trinajstić information content (AvgIpc) is 2.81. The van der Waals surface area contributed by atoms with Crippen LogP contribution in [0, 0.1) is 0 Å². The maximum Gasteiger partial charge on any atom is 0.250 e. The number of hydrogen-bond acceptors (Lipinski definition) is 5. The minimum Gasteiger partial charge on any atom is -0.497 e. The molecule has 2 aromatic carbocycles. The highest BCUT2D eigenvalue weighted by Gasteiger charge is 2.40. The maximum atomic E-state index is 13.3. The van der Waals surface area contributed by atoms with E-state index in [1.54, 1.807) is 42.3 Å². The minimum absolute atomic E-state index is 0.164. The van der Waals surface area contributed by atoms with Crippen molar-refractivity contribution in [1.29, 1.82) is 0 Å². The number of nitrogens with zero attached hydrogens (tertiary/aromatic N) is 2. The number of carbonyl (C=O) groups excluding carboxylic acids is 3. The van der Waals surface area contributed by atoms with E-state index >= 15 is 0 Å². The van der Waals surface area contributed by atoms with E-state index in [2.05, 4.69) is 5.32 Å². The Morgan fingerprint density at radius 1 is 1.10 bits per heavy atom. The maximum absolute atomic E-state index is 13.3. The molecule has 2 heterocycles. The van der Waals surface area contributed by atoms with Gasteiger partial charge in [-0.05, 0) is 43.5 Å². The van der Waals surface area contributed by atoms with Gasteiger partial charge in [-0.15, -0.1) is 11.8 Å². The highest BCUT2D eigenvalue weighted by Crippen LogP contribution is 2.40. The van der Waals surface area contributed by atoms with Crippen LogP contribution >= 0.6 is 11.8 Å². The Kier molecular flexibility index (Phi) is 6.46. The molecule has 1 N–H and O–H groups in total. The first-order chi connectivity index (χ1) is 15.1. The number of para-hydroxylation sites is 1. The summed E-state index contributed by atoms with van der Waals surface area (Å²) in [5, 5.41) is 1.94. The molecule has 162 valence electrons. The summed E-state index contributed by atoms with van der Waals surface area (Å²) >= 11 is 1.28. The van der Waals surface area contributed by atoms with Crippen LogP contribution in [0.15, 0.2) is 53.4 Å². The standard InChI is InChI=1S/C23H25N3O4S/c1-30-17-9-7-8-16(14-17)24-20(27)15-26-18-10-3-4-11-19(18)31-21(23(26)29)22(28)25-12-5-2-6-13-25/h3-4,7-11,14,21H,2,5-6,12-13,15H2,1H3,(H,24,27)/t21-/m0/s1. The van der Waals surface area contributed by atoms with E-state index < -0.39 is 5.25 Å². The molecule has 0 unspecified atom stereocenters. The van der Waals surface area contributed by atoms with Gasteiger partial charge >= 0.3 is 0 Å². The summed E-state index contributed by atoms with van der Waals surface area (Å²) in [5.74, 6) is -0.226. The summed E-state index contributed by atoms with van der Waals surface area (Å²) in [6.45, 7) is 1.19. The van der Waals surface area contributed by atoms with Crippen LogP contribution in [0.2, 0.25) is 0 Å². The van der Waals surface area contributed by atoms with Crippen molar-refractivity contribution >= 4 is 40.9 Å². The van der Waals surface area contributed by atoms with Crippen LogP contribution in [0.1, 0.15) is 19.3 Å². The van der Waals surface area contributed by atoms with E-state index in [-0.39, 0.29) is 24.3 Å². The van der Waals surface area contributed by atoms with Crippen molar-refractivity contribution < 1.29 is 19.1 Å². The molecule has 0 saturated carbocycles. The zero-order valence-corrected chi connectivity index (χ0v) is 18.2. The van der Waals surface area contributed by atoms with Crippen LogP contribution in [0.4, 0.5) is 11.4 Å². The lowest BCUT2D eigenvalue weighted by molar-refractivity contribution is -0.135. The highest BCUT2D eigenvalue weighted by molar-refractivity contribution is 8.01. The molecule has 31 heavy (non-hydrogen) atoms. The number of likely N-dealkylation sites (tertiary alicyclic amines) is 1. The van der Waals surface area contributed by atoms with Crippen LogP contribution < -0.4 is 15.0 Å². The molecule has 2 aliphatic heterocycles. The van der Waals surface area contributed by atoms with Gasteiger partial charge in [0.15, 0.2) is 5.25 Å².